The minimum absolute atomic E-state index is 0.0229. The van der Waals surface area contributed by atoms with E-state index in [9.17, 15) is 9.59 Å². The third kappa shape index (κ3) is 3.19. The topological polar surface area (TPSA) is 58.2 Å². The molecule has 5 heteroatoms. The lowest BCUT2D eigenvalue weighted by Crippen LogP contribution is -2.36. The number of hydrogen-bond acceptors (Lipinski definition) is 3. The summed E-state index contributed by atoms with van der Waals surface area (Å²) < 4.78 is 0. The molecule has 0 saturated carbocycles. The molecule has 2 N–H and O–H groups in total. The Labute approximate surface area is 113 Å². The standard InChI is InChI=1S/C13H22N2O2S/c1-8(2)10(16)5-3-4-6-11-12-9(7-18-11)14-13(17)15-12/h8-9,11-12H,3-7H2,1-2H3,(H2,14,15,17)/t9-,11+,12-/m1/s1. The molecule has 18 heavy (non-hydrogen) atoms. The van der Waals surface area contributed by atoms with E-state index in [-0.39, 0.29) is 11.9 Å². The van der Waals surface area contributed by atoms with Crippen LogP contribution in [0, 0.1) is 5.92 Å². The van der Waals surface area contributed by atoms with E-state index in [2.05, 4.69) is 10.6 Å². The summed E-state index contributed by atoms with van der Waals surface area (Å²) in [5.74, 6) is 1.54. The molecule has 2 saturated heterocycles. The molecule has 102 valence electrons. The van der Waals surface area contributed by atoms with Crippen LogP contribution in [0.1, 0.15) is 39.5 Å². The van der Waals surface area contributed by atoms with Crippen molar-refractivity contribution in [1.82, 2.24) is 10.6 Å². The van der Waals surface area contributed by atoms with Gasteiger partial charge in [0.05, 0.1) is 12.1 Å². The molecule has 0 aliphatic carbocycles. The van der Waals surface area contributed by atoms with Crippen LogP contribution in [-0.4, -0.2) is 34.9 Å². The van der Waals surface area contributed by atoms with Crippen LogP contribution in [0.4, 0.5) is 4.79 Å². The summed E-state index contributed by atoms with van der Waals surface area (Å²) in [6.07, 6.45) is 3.86. The second-order valence-electron chi connectivity index (χ2n) is 5.49. The Bertz CT molecular complexity index is 333. The zero-order valence-corrected chi connectivity index (χ0v) is 11.9. The zero-order chi connectivity index (χ0) is 13.1. The van der Waals surface area contributed by atoms with Crippen molar-refractivity contribution in [2.75, 3.05) is 5.75 Å². The first kappa shape index (κ1) is 13.7. The molecule has 0 aromatic carbocycles. The van der Waals surface area contributed by atoms with E-state index in [1.54, 1.807) is 0 Å². The fourth-order valence-corrected chi connectivity index (χ4v) is 4.12. The summed E-state index contributed by atoms with van der Waals surface area (Å²) in [4.78, 5) is 22.7. The van der Waals surface area contributed by atoms with Gasteiger partial charge in [-0.05, 0) is 12.8 Å². The van der Waals surface area contributed by atoms with Crippen molar-refractivity contribution in [3.05, 3.63) is 0 Å². The van der Waals surface area contributed by atoms with Gasteiger partial charge >= 0.3 is 6.03 Å². The van der Waals surface area contributed by atoms with Crippen molar-refractivity contribution in [3.8, 4) is 0 Å². The number of urea groups is 1. The van der Waals surface area contributed by atoms with Crippen molar-refractivity contribution in [2.24, 2.45) is 5.92 Å². The van der Waals surface area contributed by atoms with Crippen molar-refractivity contribution < 1.29 is 9.59 Å². The number of thioether (sulfide) groups is 1. The number of hydrogen-bond donors (Lipinski definition) is 2. The first-order valence-electron chi connectivity index (χ1n) is 6.79. The van der Waals surface area contributed by atoms with Crippen LogP contribution in [-0.2, 0) is 4.79 Å². The summed E-state index contributed by atoms with van der Waals surface area (Å²) in [5, 5.41) is 6.46. The molecule has 2 aliphatic heterocycles. The second-order valence-corrected chi connectivity index (χ2v) is 6.76. The Hall–Kier alpha value is -0.710. The number of fused-ring (bicyclic) bond motifs is 1. The van der Waals surface area contributed by atoms with E-state index < -0.39 is 0 Å². The molecular weight excluding hydrogens is 248 g/mol. The molecule has 3 atom stereocenters. The number of amides is 2. The fraction of sp³-hybridized carbons (Fsp3) is 0.846. The Morgan fingerprint density at radius 3 is 2.89 bits per heavy atom. The average Bonchev–Trinajstić information content (AvgIpc) is 2.84. The van der Waals surface area contributed by atoms with Crippen molar-refractivity contribution in [2.45, 2.75) is 56.9 Å². The highest BCUT2D eigenvalue weighted by Gasteiger charge is 2.42. The molecule has 2 rings (SSSR count). The van der Waals surface area contributed by atoms with E-state index >= 15 is 0 Å². The van der Waals surface area contributed by atoms with Gasteiger partial charge in [0.15, 0.2) is 0 Å². The van der Waals surface area contributed by atoms with Gasteiger partial charge in [0, 0.05) is 23.3 Å². The molecule has 0 aromatic rings. The molecule has 0 aromatic heterocycles. The maximum Gasteiger partial charge on any atom is 0.315 e. The van der Waals surface area contributed by atoms with Crippen LogP contribution >= 0.6 is 11.8 Å². The molecule has 2 amide bonds. The van der Waals surface area contributed by atoms with Crippen LogP contribution in [0.5, 0.6) is 0 Å². The Morgan fingerprint density at radius 1 is 1.39 bits per heavy atom. The highest BCUT2D eigenvalue weighted by atomic mass is 32.2. The number of Topliss-reactive ketones (excluding diaryl/α,β-unsaturated/α-hetero) is 1. The summed E-state index contributed by atoms with van der Waals surface area (Å²) in [7, 11) is 0. The molecule has 0 bridgehead atoms. The third-order valence-electron chi connectivity index (χ3n) is 3.74. The van der Waals surface area contributed by atoms with Gasteiger partial charge in [0.1, 0.15) is 5.78 Å². The molecule has 2 fully saturated rings. The van der Waals surface area contributed by atoms with Gasteiger partial charge in [-0.2, -0.15) is 11.8 Å². The van der Waals surface area contributed by atoms with Gasteiger partial charge in [0.25, 0.3) is 0 Å². The van der Waals surface area contributed by atoms with Gasteiger partial charge in [-0.1, -0.05) is 20.3 Å². The number of unbranched alkanes of at least 4 members (excludes halogenated alkanes) is 1. The van der Waals surface area contributed by atoms with Crippen molar-refractivity contribution in [3.63, 3.8) is 0 Å². The number of rotatable bonds is 6. The van der Waals surface area contributed by atoms with E-state index in [1.807, 2.05) is 25.6 Å². The van der Waals surface area contributed by atoms with Gasteiger partial charge in [0.2, 0.25) is 0 Å². The summed E-state index contributed by atoms with van der Waals surface area (Å²) in [5.41, 5.74) is 0. The maximum absolute atomic E-state index is 11.5. The number of ketones is 1. The first-order chi connectivity index (χ1) is 8.58. The normalized spacial score (nSPS) is 30.2. The van der Waals surface area contributed by atoms with Crippen molar-refractivity contribution in [1.29, 1.82) is 0 Å². The lowest BCUT2D eigenvalue weighted by Gasteiger charge is -2.16. The van der Waals surface area contributed by atoms with E-state index in [1.165, 1.54) is 0 Å². The van der Waals surface area contributed by atoms with Gasteiger partial charge < -0.3 is 10.6 Å². The predicted octanol–water partition coefficient (Wildman–Crippen LogP) is 1.94. The van der Waals surface area contributed by atoms with Crippen LogP contribution in [0.25, 0.3) is 0 Å². The Kier molecular flexibility index (Phi) is 4.54. The SMILES string of the molecule is CC(C)C(=O)CCCC[C@@H]1SC[C@H]2NC(=O)N[C@@H]12. The summed E-state index contributed by atoms with van der Waals surface area (Å²) in [6, 6.07) is 0.582. The third-order valence-corrected chi connectivity index (χ3v) is 5.25. The van der Waals surface area contributed by atoms with Gasteiger partial charge in [-0.3, -0.25) is 4.79 Å². The molecule has 2 heterocycles. The van der Waals surface area contributed by atoms with Gasteiger partial charge in [-0.15, -0.1) is 0 Å². The molecule has 0 radical (unpaired) electrons. The summed E-state index contributed by atoms with van der Waals surface area (Å²) >= 11 is 1.94. The molecule has 0 spiro atoms. The van der Waals surface area contributed by atoms with E-state index in [0.717, 1.165) is 25.0 Å². The molecular formula is C13H22N2O2S. The number of nitrogens with one attached hydrogen (secondary N) is 2. The highest BCUT2D eigenvalue weighted by Crippen LogP contribution is 2.33. The van der Waals surface area contributed by atoms with Gasteiger partial charge in [-0.25, -0.2) is 4.79 Å². The first-order valence-corrected chi connectivity index (χ1v) is 7.84. The second kappa shape index (κ2) is 5.95. The predicted molar refractivity (Wildman–Crippen MR) is 73.8 cm³/mol. The number of carbonyl (C=O) groups is 2. The van der Waals surface area contributed by atoms with Crippen LogP contribution in [0.3, 0.4) is 0 Å². The largest absolute Gasteiger partial charge is 0.332 e. The maximum atomic E-state index is 11.5. The Morgan fingerprint density at radius 2 is 2.17 bits per heavy atom. The van der Waals surface area contributed by atoms with Crippen LogP contribution in [0.2, 0.25) is 0 Å². The van der Waals surface area contributed by atoms with Crippen LogP contribution < -0.4 is 10.6 Å². The highest BCUT2D eigenvalue weighted by molar-refractivity contribution is 8.00. The smallest absolute Gasteiger partial charge is 0.315 e. The monoisotopic (exact) mass is 270 g/mol. The number of carbonyl (C=O) groups excluding carboxylic acids is 2. The van der Waals surface area contributed by atoms with E-state index in [4.69, 9.17) is 0 Å². The quantitative estimate of drug-likeness (QED) is 0.573. The van der Waals surface area contributed by atoms with Crippen molar-refractivity contribution >= 4 is 23.6 Å². The van der Waals surface area contributed by atoms with E-state index in [0.29, 0.717) is 29.5 Å². The fourth-order valence-electron chi connectivity index (χ4n) is 2.58. The minimum Gasteiger partial charge on any atom is -0.332 e. The summed E-state index contributed by atoms with van der Waals surface area (Å²) in [6.45, 7) is 3.92. The lowest BCUT2D eigenvalue weighted by atomic mass is 10.00. The molecule has 4 nitrogen and oxygen atoms in total. The molecule has 2 aliphatic rings. The van der Waals surface area contributed by atoms with Crippen LogP contribution in [0.15, 0.2) is 0 Å². The zero-order valence-electron chi connectivity index (χ0n) is 11.1. The average molecular weight is 270 g/mol. The minimum atomic E-state index is -0.0229. The lowest BCUT2D eigenvalue weighted by molar-refractivity contribution is -0.122. The Balaban J connectivity index is 1.66. The molecule has 0 unspecified atom stereocenters.